The van der Waals surface area contributed by atoms with E-state index in [4.69, 9.17) is 0 Å². The summed E-state index contributed by atoms with van der Waals surface area (Å²) < 4.78 is 0. The molecule has 3 amide bonds. The molecule has 0 rings (SSSR count). The number of rotatable bonds is 10. The van der Waals surface area contributed by atoms with Gasteiger partial charge in [-0.15, -0.1) is 0 Å². The maximum Gasteiger partial charge on any atom is 0.244 e. The lowest BCUT2D eigenvalue weighted by Crippen LogP contribution is -2.33. The molecule has 0 spiro atoms. The molecule has 0 heterocycles. The first-order valence-electron chi connectivity index (χ1n) is 7.40. The summed E-state index contributed by atoms with van der Waals surface area (Å²) >= 11 is 0. The van der Waals surface area contributed by atoms with E-state index < -0.39 is 5.91 Å². The Kier molecular flexibility index (Phi) is 10.3. The zero-order valence-electron chi connectivity index (χ0n) is 13.4. The highest BCUT2D eigenvalue weighted by molar-refractivity contribution is 5.98. The first-order valence-corrected chi connectivity index (χ1v) is 7.40. The van der Waals surface area contributed by atoms with Gasteiger partial charge in [0.05, 0.1) is 0 Å². The molecular formula is C15H25N3O4. The second-order valence-corrected chi connectivity index (χ2v) is 4.98. The molecule has 0 radical (unpaired) electrons. The van der Waals surface area contributed by atoms with Gasteiger partial charge in [-0.25, -0.2) is 0 Å². The first-order chi connectivity index (χ1) is 10.4. The SMILES string of the molecule is CCNC(=O)CCNC(=O)CCNC(=O)/C=C/C(=O)C(C)C. The summed E-state index contributed by atoms with van der Waals surface area (Å²) in [5.41, 5.74) is 0. The fourth-order valence-electron chi connectivity index (χ4n) is 1.40. The van der Waals surface area contributed by atoms with Gasteiger partial charge in [0.1, 0.15) is 0 Å². The minimum atomic E-state index is -0.413. The van der Waals surface area contributed by atoms with Crippen molar-refractivity contribution < 1.29 is 19.2 Å². The average Bonchev–Trinajstić information content (AvgIpc) is 2.44. The first kappa shape index (κ1) is 19.8. The van der Waals surface area contributed by atoms with Crippen molar-refractivity contribution in [3.8, 4) is 0 Å². The zero-order chi connectivity index (χ0) is 17.0. The molecule has 7 heteroatoms. The highest BCUT2D eigenvalue weighted by Gasteiger charge is 2.05. The lowest BCUT2D eigenvalue weighted by atomic mass is 10.1. The predicted octanol–water partition coefficient (Wildman–Crippen LogP) is -0.0836. The van der Waals surface area contributed by atoms with Crippen LogP contribution < -0.4 is 16.0 Å². The van der Waals surface area contributed by atoms with Crippen molar-refractivity contribution >= 4 is 23.5 Å². The number of nitrogens with one attached hydrogen (secondary N) is 3. The molecule has 0 fully saturated rings. The third-order valence-corrected chi connectivity index (χ3v) is 2.67. The van der Waals surface area contributed by atoms with Crippen molar-refractivity contribution in [1.82, 2.24) is 16.0 Å². The Bertz CT molecular complexity index is 431. The average molecular weight is 311 g/mol. The van der Waals surface area contributed by atoms with Crippen molar-refractivity contribution in [2.45, 2.75) is 33.6 Å². The van der Waals surface area contributed by atoms with Gasteiger partial charge in [0.25, 0.3) is 0 Å². The van der Waals surface area contributed by atoms with E-state index in [-0.39, 0.29) is 49.4 Å². The van der Waals surface area contributed by atoms with Crippen LogP contribution in [0.15, 0.2) is 12.2 Å². The van der Waals surface area contributed by atoms with Gasteiger partial charge in [0.15, 0.2) is 5.78 Å². The van der Waals surface area contributed by atoms with E-state index in [9.17, 15) is 19.2 Å². The van der Waals surface area contributed by atoms with Gasteiger partial charge in [-0.3, -0.25) is 19.2 Å². The number of allylic oxidation sites excluding steroid dienone is 1. The number of carbonyl (C=O) groups excluding carboxylic acids is 4. The van der Waals surface area contributed by atoms with Gasteiger partial charge in [0.2, 0.25) is 17.7 Å². The summed E-state index contributed by atoms with van der Waals surface area (Å²) in [4.78, 5) is 45.3. The molecule has 0 unspecified atom stereocenters. The molecule has 0 saturated heterocycles. The molecule has 22 heavy (non-hydrogen) atoms. The summed E-state index contributed by atoms with van der Waals surface area (Å²) in [5, 5.41) is 7.72. The van der Waals surface area contributed by atoms with E-state index in [1.165, 1.54) is 6.08 Å². The lowest BCUT2D eigenvalue weighted by molar-refractivity contribution is -0.122. The van der Waals surface area contributed by atoms with E-state index >= 15 is 0 Å². The minimum absolute atomic E-state index is 0.115. The third kappa shape index (κ3) is 10.6. The van der Waals surface area contributed by atoms with Gasteiger partial charge in [-0.1, -0.05) is 13.8 Å². The van der Waals surface area contributed by atoms with Crippen LogP contribution in [0.1, 0.15) is 33.6 Å². The van der Waals surface area contributed by atoms with Crippen LogP contribution in [0.4, 0.5) is 0 Å². The van der Waals surface area contributed by atoms with Crippen molar-refractivity contribution in [3.63, 3.8) is 0 Å². The molecule has 0 aliphatic carbocycles. The van der Waals surface area contributed by atoms with Gasteiger partial charge >= 0.3 is 0 Å². The Hall–Kier alpha value is -2.18. The zero-order valence-corrected chi connectivity index (χ0v) is 13.4. The molecule has 0 aromatic heterocycles. The second-order valence-electron chi connectivity index (χ2n) is 4.98. The third-order valence-electron chi connectivity index (χ3n) is 2.67. The number of ketones is 1. The molecule has 7 nitrogen and oxygen atoms in total. The van der Waals surface area contributed by atoms with Crippen molar-refractivity contribution in [2.24, 2.45) is 5.92 Å². The van der Waals surface area contributed by atoms with E-state index in [0.29, 0.717) is 6.54 Å². The van der Waals surface area contributed by atoms with Crippen molar-refractivity contribution in [3.05, 3.63) is 12.2 Å². The monoisotopic (exact) mass is 311 g/mol. The molecule has 0 aromatic rings. The summed E-state index contributed by atoms with van der Waals surface area (Å²) in [6.07, 6.45) is 2.74. The Morgan fingerprint density at radius 2 is 1.41 bits per heavy atom. The van der Waals surface area contributed by atoms with E-state index in [0.717, 1.165) is 6.08 Å². The number of amides is 3. The summed E-state index contributed by atoms with van der Waals surface area (Å²) in [6.45, 7) is 6.31. The highest BCUT2D eigenvalue weighted by atomic mass is 16.2. The van der Waals surface area contributed by atoms with Crippen LogP contribution in [0.5, 0.6) is 0 Å². The van der Waals surface area contributed by atoms with Crippen LogP contribution in [0, 0.1) is 5.92 Å². The predicted molar refractivity (Wildman–Crippen MR) is 82.9 cm³/mol. The van der Waals surface area contributed by atoms with Gasteiger partial charge < -0.3 is 16.0 Å². The van der Waals surface area contributed by atoms with Crippen LogP contribution in [0.2, 0.25) is 0 Å². The van der Waals surface area contributed by atoms with Crippen molar-refractivity contribution in [1.29, 1.82) is 0 Å². The van der Waals surface area contributed by atoms with Crippen LogP contribution in [-0.2, 0) is 19.2 Å². The smallest absolute Gasteiger partial charge is 0.244 e. The van der Waals surface area contributed by atoms with Gasteiger partial charge in [-0.05, 0) is 13.0 Å². The summed E-state index contributed by atoms with van der Waals surface area (Å²) in [6, 6.07) is 0. The highest BCUT2D eigenvalue weighted by Crippen LogP contribution is 1.94. The van der Waals surface area contributed by atoms with Crippen LogP contribution in [0.3, 0.4) is 0 Å². The number of hydrogen-bond acceptors (Lipinski definition) is 4. The quantitative estimate of drug-likeness (QED) is 0.491. The Balaban J connectivity index is 3.77. The van der Waals surface area contributed by atoms with Crippen LogP contribution in [-0.4, -0.2) is 43.1 Å². The Morgan fingerprint density at radius 1 is 0.864 bits per heavy atom. The Morgan fingerprint density at radius 3 is 1.95 bits per heavy atom. The van der Waals surface area contributed by atoms with E-state index in [2.05, 4.69) is 16.0 Å². The number of carbonyl (C=O) groups is 4. The molecule has 124 valence electrons. The van der Waals surface area contributed by atoms with Crippen LogP contribution >= 0.6 is 0 Å². The molecule has 0 atom stereocenters. The molecule has 0 bridgehead atoms. The van der Waals surface area contributed by atoms with E-state index in [1.54, 1.807) is 13.8 Å². The standard InChI is InChI=1S/C15H25N3O4/c1-4-16-14(21)7-9-18-15(22)8-10-17-13(20)6-5-12(19)11(2)3/h5-6,11H,4,7-10H2,1-3H3,(H,16,21)(H,17,20)(H,18,22)/b6-5+. The van der Waals surface area contributed by atoms with Gasteiger partial charge in [0, 0.05) is 44.5 Å². The molecular weight excluding hydrogens is 286 g/mol. The maximum absolute atomic E-state index is 11.5. The van der Waals surface area contributed by atoms with Crippen molar-refractivity contribution in [2.75, 3.05) is 19.6 Å². The molecule has 3 N–H and O–H groups in total. The van der Waals surface area contributed by atoms with E-state index in [1.807, 2.05) is 6.92 Å². The normalized spacial score (nSPS) is 10.5. The summed E-state index contributed by atoms with van der Waals surface area (Å²) in [5.74, 6) is -1.05. The largest absolute Gasteiger partial charge is 0.356 e. The minimum Gasteiger partial charge on any atom is -0.356 e. The fraction of sp³-hybridized carbons (Fsp3) is 0.600. The maximum atomic E-state index is 11.5. The fourth-order valence-corrected chi connectivity index (χ4v) is 1.40. The molecule has 0 saturated carbocycles. The van der Waals surface area contributed by atoms with Crippen LogP contribution in [0.25, 0.3) is 0 Å². The summed E-state index contributed by atoms with van der Waals surface area (Å²) in [7, 11) is 0. The lowest BCUT2D eigenvalue weighted by Gasteiger charge is -2.06. The molecule has 0 aliphatic rings. The van der Waals surface area contributed by atoms with Gasteiger partial charge in [-0.2, -0.15) is 0 Å². The molecule has 0 aliphatic heterocycles. The number of hydrogen-bond donors (Lipinski definition) is 3. The Labute approximate surface area is 130 Å². The second kappa shape index (κ2) is 11.5. The topological polar surface area (TPSA) is 104 Å². The molecule has 0 aromatic carbocycles.